The van der Waals surface area contributed by atoms with E-state index in [0.29, 0.717) is 0 Å². The van der Waals surface area contributed by atoms with Crippen LogP contribution in [-0.2, 0) is 27.6 Å². The molecule has 0 bridgehead atoms. The average molecular weight is 285 g/mol. The van der Waals surface area contributed by atoms with Gasteiger partial charge in [-0.25, -0.2) is 13.1 Å². The summed E-state index contributed by atoms with van der Waals surface area (Å²) < 4.78 is 31.3. The topological polar surface area (TPSA) is 75.6 Å². The van der Waals surface area contributed by atoms with Gasteiger partial charge in [-0.3, -0.25) is 0 Å². The molecule has 19 heavy (non-hydrogen) atoms. The second-order valence-corrected chi connectivity index (χ2v) is 6.51. The summed E-state index contributed by atoms with van der Waals surface area (Å²) in [6.45, 7) is 0.0555. The van der Waals surface area contributed by atoms with E-state index in [9.17, 15) is 13.5 Å². The van der Waals surface area contributed by atoms with Gasteiger partial charge in [0.15, 0.2) is 0 Å². The maximum Gasteiger partial charge on any atom is 0.240 e. The molecule has 0 saturated heterocycles. The van der Waals surface area contributed by atoms with E-state index in [-0.39, 0.29) is 18.0 Å². The molecule has 1 unspecified atom stereocenters. The average Bonchev–Trinajstić information content (AvgIpc) is 2.84. The highest BCUT2D eigenvalue weighted by molar-refractivity contribution is 7.89. The number of fused-ring (bicyclic) bond motifs is 1. The molecule has 1 aliphatic rings. The SMILES string of the molecule is COCC(O)CNS(=O)(=O)c1ccc2c(c1)CCC2. The molecule has 1 atom stereocenters. The molecule has 1 aromatic carbocycles. The number of methoxy groups -OCH3 is 1. The molecule has 0 radical (unpaired) electrons. The van der Waals surface area contributed by atoms with Crippen molar-refractivity contribution in [2.75, 3.05) is 20.3 Å². The zero-order valence-electron chi connectivity index (χ0n) is 10.9. The van der Waals surface area contributed by atoms with Gasteiger partial charge in [-0.2, -0.15) is 0 Å². The molecule has 6 heteroatoms. The highest BCUT2D eigenvalue weighted by Gasteiger charge is 2.19. The predicted octanol–water partition coefficient (Wildman–Crippen LogP) is 0.461. The Morgan fingerprint density at radius 3 is 2.84 bits per heavy atom. The molecule has 2 N–H and O–H groups in total. The lowest BCUT2D eigenvalue weighted by atomic mass is 10.1. The number of aliphatic hydroxyl groups excluding tert-OH is 1. The lowest BCUT2D eigenvalue weighted by Crippen LogP contribution is -2.34. The summed E-state index contributed by atoms with van der Waals surface area (Å²) in [5.74, 6) is 0. The van der Waals surface area contributed by atoms with Crippen molar-refractivity contribution in [3.05, 3.63) is 29.3 Å². The molecule has 0 aliphatic heterocycles. The van der Waals surface area contributed by atoms with E-state index in [1.165, 1.54) is 12.7 Å². The Kier molecular flexibility index (Phi) is 4.57. The number of nitrogens with one attached hydrogen (secondary N) is 1. The first-order valence-electron chi connectivity index (χ1n) is 6.31. The molecule has 0 aromatic heterocycles. The van der Waals surface area contributed by atoms with Gasteiger partial charge >= 0.3 is 0 Å². The van der Waals surface area contributed by atoms with E-state index < -0.39 is 16.1 Å². The van der Waals surface area contributed by atoms with Gasteiger partial charge in [-0.05, 0) is 42.5 Å². The molecule has 0 saturated carbocycles. The standard InChI is InChI=1S/C13H19NO4S/c1-18-9-12(15)8-14-19(16,17)13-6-5-10-3-2-4-11(10)7-13/h5-7,12,14-15H,2-4,8-9H2,1H3. The summed E-state index contributed by atoms with van der Waals surface area (Å²) in [5.41, 5.74) is 2.35. The van der Waals surface area contributed by atoms with E-state index in [0.717, 1.165) is 24.8 Å². The molecule has 106 valence electrons. The smallest absolute Gasteiger partial charge is 0.240 e. The third-order valence-corrected chi connectivity index (χ3v) is 4.67. The van der Waals surface area contributed by atoms with Gasteiger partial charge in [0.1, 0.15) is 0 Å². The molecule has 0 fully saturated rings. The van der Waals surface area contributed by atoms with Crippen LogP contribution in [0.5, 0.6) is 0 Å². The van der Waals surface area contributed by atoms with Crippen LogP contribution in [0.1, 0.15) is 17.5 Å². The van der Waals surface area contributed by atoms with Gasteiger partial charge in [0.2, 0.25) is 10.0 Å². The fraction of sp³-hybridized carbons (Fsp3) is 0.538. The quantitative estimate of drug-likeness (QED) is 0.796. The number of aliphatic hydroxyl groups is 1. The minimum Gasteiger partial charge on any atom is -0.389 e. The third-order valence-electron chi connectivity index (χ3n) is 3.25. The third kappa shape index (κ3) is 3.54. The molecule has 0 spiro atoms. The molecule has 2 rings (SSSR count). The largest absolute Gasteiger partial charge is 0.389 e. The molecule has 0 amide bonds. The van der Waals surface area contributed by atoms with Crippen molar-refractivity contribution >= 4 is 10.0 Å². The van der Waals surface area contributed by atoms with Gasteiger partial charge in [-0.1, -0.05) is 6.07 Å². The maximum atomic E-state index is 12.1. The Bertz CT molecular complexity index is 542. The van der Waals surface area contributed by atoms with E-state index in [1.807, 2.05) is 6.07 Å². The van der Waals surface area contributed by atoms with Crippen LogP contribution in [0.4, 0.5) is 0 Å². The predicted molar refractivity (Wildman–Crippen MR) is 71.5 cm³/mol. The fourth-order valence-corrected chi connectivity index (χ4v) is 3.38. The highest BCUT2D eigenvalue weighted by atomic mass is 32.2. The zero-order valence-corrected chi connectivity index (χ0v) is 11.7. The van der Waals surface area contributed by atoms with Crippen molar-refractivity contribution in [2.45, 2.75) is 30.3 Å². The van der Waals surface area contributed by atoms with Crippen LogP contribution in [0.25, 0.3) is 0 Å². The maximum absolute atomic E-state index is 12.1. The van der Waals surface area contributed by atoms with Crippen LogP contribution in [0.3, 0.4) is 0 Å². The number of hydrogen-bond acceptors (Lipinski definition) is 4. The number of aryl methyl sites for hydroxylation is 2. The molecule has 0 heterocycles. The highest BCUT2D eigenvalue weighted by Crippen LogP contribution is 2.24. The summed E-state index contributed by atoms with van der Waals surface area (Å²) in [6, 6.07) is 5.23. The molecule has 1 aliphatic carbocycles. The Morgan fingerprint density at radius 1 is 1.37 bits per heavy atom. The van der Waals surface area contributed by atoms with Crippen molar-refractivity contribution in [1.82, 2.24) is 4.72 Å². The summed E-state index contributed by atoms with van der Waals surface area (Å²) in [6.07, 6.45) is 2.20. The van der Waals surface area contributed by atoms with Crippen molar-refractivity contribution < 1.29 is 18.3 Å². The first kappa shape index (κ1) is 14.5. The number of sulfonamides is 1. The van der Waals surface area contributed by atoms with Crippen molar-refractivity contribution in [3.63, 3.8) is 0 Å². The Balaban J connectivity index is 2.07. The van der Waals surface area contributed by atoms with Crippen LogP contribution >= 0.6 is 0 Å². The van der Waals surface area contributed by atoms with Gasteiger partial charge in [0.25, 0.3) is 0 Å². The van der Waals surface area contributed by atoms with Crippen LogP contribution in [0.2, 0.25) is 0 Å². The van der Waals surface area contributed by atoms with Gasteiger partial charge < -0.3 is 9.84 Å². The molecular weight excluding hydrogens is 266 g/mol. The van der Waals surface area contributed by atoms with Crippen LogP contribution in [-0.4, -0.2) is 39.9 Å². The summed E-state index contributed by atoms with van der Waals surface area (Å²) in [7, 11) is -2.10. The second kappa shape index (κ2) is 6.00. The number of rotatable bonds is 6. The normalized spacial score (nSPS) is 16.3. The second-order valence-electron chi connectivity index (χ2n) is 4.75. The number of ether oxygens (including phenoxy) is 1. The summed E-state index contributed by atoms with van der Waals surface area (Å²) >= 11 is 0. The molecule has 5 nitrogen and oxygen atoms in total. The summed E-state index contributed by atoms with van der Waals surface area (Å²) in [5, 5.41) is 9.46. The summed E-state index contributed by atoms with van der Waals surface area (Å²) in [4.78, 5) is 0.262. The van der Waals surface area contributed by atoms with E-state index in [1.54, 1.807) is 12.1 Å². The minimum atomic E-state index is -3.56. The number of hydrogen-bond donors (Lipinski definition) is 2. The molecule has 1 aromatic rings. The Morgan fingerprint density at radius 2 is 2.11 bits per heavy atom. The lowest BCUT2D eigenvalue weighted by molar-refractivity contribution is 0.0679. The first-order chi connectivity index (χ1) is 9.03. The zero-order chi connectivity index (χ0) is 13.9. The van der Waals surface area contributed by atoms with Crippen LogP contribution in [0.15, 0.2) is 23.1 Å². The monoisotopic (exact) mass is 285 g/mol. The van der Waals surface area contributed by atoms with Gasteiger partial charge in [0.05, 0.1) is 17.6 Å². The van der Waals surface area contributed by atoms with E-state index in [2.05, 4.69) is 4.72 Å². The Labute approximate surface area is 113 Å². The van der Waals surface area contributed by atoms with Crippen LogP contribution < -0.4 is 4.72 Å². The van der Waals surface area contributed by atoms with Crippen molar-refractivity contribution in [2.24, 2.45) is 0 Å². The van der Waals surface area contributed by atoms with Gasteiger partial charge in [-0.15, -0.1) is 0 Å². The van der Waals surface area contributed by atoms with Crippen molar-refractivity contribution in [1.29, 1.82) is 0 Å². The van der Waals surface area contributed by atoms with Crippen LogP contribution in [0, 0.1) is 0 Å². The Hall–Kier alpha value is -0.950. The fourth-order valence-electron chi connectivity index (χ4n) is 2.26. The lowest BCUT2D eigenvalue weighted by Gasteiger charge is -2.12. The molecular formula is C13H19NO4S. The minimum absolute atomic E-state index is 0.0484. The van der Waals surface area contributed by atoms with E-state index in [4.69, 9.17) is 4.74 Å². The first-order valence-corrected chi connectivity index (χ1v) is 7.80. The van der Waals surface area contributed by atoms with Gasteiger partial charge in [0, 0.05) is 13.7 Å². The number of benzene rings is 1. The van der Waals surface area contributed by atoms with E-state index >= 15 is 0 Å². The van der Waals surface area contributed by atoms with Crippen molar-refractivity contribution in [3.8, 4) is 0 Å².